The first-order chi connectivity index (χ1) is 13.2. The van der Waals surface area contributed by atoms with Crippen LogP contribution in [0.5, 0.6) is 11.5 Å². The largest absolute Gasteiger partial charge is 0.508 e. The fourth-order valence-electron chi connectivity index (χ4n) is 4.04. The molecule has 2 aromatic carbocycles. The van der Waals surface area contributed by atoms with Crippen LogP contribution < -0.4 is 4.74 Å². The molecule has 4 rings (SSSR count). The van der Waals surface area contributed by atoms with Gasteiger partial charge in [-0.05, 0) is 49.2 Å². The summed E-state index contributed by atoms with van der Waals surface area (Å²) in [5.41, 5.74) is 4.69. The summed E-state index contributed by atoms with van der Waals surface area (Å²) in [7, 11) is 1.69. The number of fused-ring (bicyclic) bond motifs is 1. The molecule has 1 aliphatic heterocycles. The van der Waals surface area contributed by atoms with Crippen molar-refractivity contribution in [3.8, 4) is 11.5 Å². The Morgan fingerprint density at radius 2 is 1.89 bits per heavy atom. The van der Waals surface area contributed by atoms with E-state index in [9.17, 15) is 5.11 Å². The van der Waals surface area contributed by atoms with E-state index in [0.717, 1.165) is 37.4 Å². The van der Waals surface area contributed by atoms with Crippen molar-refractivity contribution in [3.63, 3.8) is 0 Å². The molecular weight excluding hydrogens is 336 g/mol. The Bertz CT molecular complexity index is 914. The summed E-state index contributed by atoms with van der Waals surface area (Å²) in [6.07, 6.45) is 3.25. The highest BCUT2D eigenvalue weighted by Crippen LogP contribution is 2.35. The van der Waals surface area contributed by atoms with E-state index in [1.807, 2.05) is 18.2 Å². The highest BCUT2D eigenvalue weighted by Gasteiger charge is 2.28. The monoisotopic (exact) mass is 362 g/mol. The number of ether oxygens (including phenoxy) is 1. The molecule has 140 valence electrons. The minimum atomic E-state index is 0.147. The van der Waals surface area contributed by atoms with Crippen molar-refractivity contribution in [2.75, 3.05) is 13.7 Å². The third kappa shape index (κ3) is 3.58. The molecule has 1 atom stereocenters. The topological polar surface area (TPSA) is 37.6 Å². The molecule has 0 saturated carbocycles. The van der Waals surface area contributed by atoms with E-state index in [-0.39, 0.29) is 6.04 Å². The summed E-state index contributed by atoms with van der Waals surface area (Å²) >= 11 is 0. The van der Waals surface area contributed by atoms with E-state index in [1.165, 1.54) is 16.8 Å². The Morgan fingerprint density at radius 3 is 2.67 bits per heavy atom. The number of nitrogens with zero attached hydrogens (tertiary/aromatic N) is 2. The van der Waals surface area contributed by atoms with Crippen molar-refractivity contribution in [3.05, 3.63) is 83.2 Å². The van der Waals surface area contributed by atoms with Crippen molar-refractivity contribution in [2.24, 2.45) is 0 Å². The Balaban J connectivity index is 1.74. The molecule has 1 aromatic heterocycles. The number of benzene rings is 2. The normalized spacial score (nSPS) is 17.3. The first-order valence-corrected chi connectivity index (χ1v) is 9.47. The van der Waals surface area contributed by atoms with Crippen LogP contribution in [0, 0.1) is 6.92 Å². The van der Waals surface area contributed by atoms with Gasteiger partial charge in [0.1, 0.15) is 11.5 Å². The Kier molecular flexibility index (Phi) is 4.90. The predicted molar refractivity (Wildman–Crippen MR) is 107 cm³/mol. The highest BCUT2D eigenvalue weighted by atomic mass is 16.5. The van der Waals surface area contributed by atoms with E-state index in [2.05, 4.69) is 52.9 Å². The van der Waals surface area contributed by atoms with Crippen molar-refractivity contribution < 1.29 is 9.84 Å². The van der Waals surface area contributed by atoms with Crippen molar-refractivity contribution in [1.29, 1.82) is 0 Å². The maximum Gasteiger partial charge on any atom is 0.120 e. The molecular formula is C23H26N2O2. The molecule has 0 amide bonds. The third-order valence-electron chi connectivity index (χ3n) is 5.39. The molecule has 27 heavy (non-hydrogen) atoms. The molecule has 0 spiro atoms. The summed E-state index contributed by atoms with van der Waals surface area (Å²) in [4.78, 5) is 2.47. The molecule has 0 bridgehead atoms. The fraction of sp³-hybridized carbons (Fsp3) is 0.304. The second kappa shape index (κ2) is 7.49. The van der Waals surface area contributed by atoms with Crippen LogP contribution >= 0.6 is 0 Å². The smallest absolute Gasteiger partial charge is 0.120 e. The van der Waals surface area contributed by atoms with Gasteiger partial charge in [0.05, 0.1) is 13.2 Å². The van der Waals surface area contributed by atoms with Gasteiger partial charge in [-0.15, -0.1) is 0 Å². The van der Waals surface area contributed by atoms with E-state index in [4.69, 9.17) is 4.74 Å². The van der Waals surface area contributed by atoms with E-state index in [1.54, 1.807) is 13.2 Å². The zero-order valence-corrected chi connectivity index (χ0v) is 15.9. The number of aromatic hydroxyl groups is 1. The minimum Gasteiger partial charge on any atom is -0.508 e. The van der Waals surface area contributed by atoms with Crippen LogP contribution in [0.2, 0.25) is 0 Å². The zero-order valence-electron chi connectivity index (χ0n) is 15.9. The lowest BCUT2D eigenvalue weighted by Gasteiger charge is -2.31. The molecule has 1 aliphatic rings. The predicted octanol–water partition coefficient (Wildman–Crippen LogP) is 4.51. The average Bonchev–Trinajstić information content (AvgIpc) is 3.06. The lowest BCUT2D eigenvalue weighted by atomic mass is 10.0. The fourth-order valence-corrected chi connectivity index (χ4v) is 4.04. The molecule has 3 aromatic rings. The minimum absolute atomic E-state index is 0.147. The molecule has 4 nitrogen and oxygen atoms in total. The summed E-state index contributed by atoms with van der Waals surface area (Å²) in [5, 5.41) is 10.4. The van der Waals surface area contributed by atoms with Crippen LogP contribution in [0.25, 0.3) is 0 Å². The SMILES string of the molecule is COc1ccc([C@@H]2c3cccn3CCCN2Cc2cc(C)ccc2O)cc1. The molecule has 0 fully saturated rings. The van der Waals surface area contributed by atoms with Gasteiger partial charge in [0, 0.05) is 37.1 Å². The molecule has 0 unspecified atom stereocenters. The van der Waals surface area contributed by atoms with E-state index in [0.29, 0.717) is 5.75 Å². The van der Waals surface area contributed by atoms with Gasteiger partial charge in [0.25, 0.3) is 0 Å². The summed E-state index contributed by atoms with van der Waals surface area (Å²) in [5.74, 6) is 1.24. The number of hydrogen-bond acceptors (Lipinski definition) is 3. The van der Waals surface area contributed by atoms with Crippen LogP contribution in [-0.4, -0.2) is 28.2 Å². The quantitative estimate of drug-likeness (QED) is 0.742. The maximum absolute atomic E-state index is 10.4. The van der Waals surface area contributed by atoms with Gasteiger partial charge in [0.2, 0.25) is 0 Å². The number of methoxy groups -OCH3 is 1. The van der Waals surface area contributed by atoms with Crippen LogP contribution in [0.15, 0.2) is 60.8 Å². The van der Waals surface area contributed by atoms with Gasteiger partial charge in [0.15, 0.2) is 0 Å². The van der Waals surface area contributed by atoms with Gasteiger partial charge >= 0.3 is 0 Å². The summed E-state index contributed by atoms with van der Waals surface area (Å²) in [6.45, 7) is 4.78. The Hall–Kier alpha value is -2.72. The number of aromatic nitrogens is 1. The maximum atomic E-state index is 10.4. The zero-order chi connectivity index (χ0) is 18.8. The lowest BCUT2D eigenvalue weighted by Crippen LogP contribution is -2.29. The van der Waals surface area contributed by atoms with Gasteiger partial charge in [-0.2, -0.15) is 0 Å². The van der Waals surface area contributed by atoms with Gasteiger partial charge < -0.3 is 14.4 Å². The second-order valence-corrected chi connectivity index (χ2v) is 7.26. The average molecular weight is 362 g/mol. The number of phenolic OH excluding ortho intramolecular Hbond substituents is 1. The van der Waals surface area contributed by atoms with Crippen molar-refractivity contribution >= 4 is 0 Å². The molecule has 0 saturated heterocycles. The molecule has 0 radical (unpaired) electrons. The highest BCUT2D eigenvalue weighted by molar-refractivity contribution is 5.38. The number of hydrogen-bond donors (Lipinski definition) is 1. The standard InChI is InChI=1S/C23H26N2O2/c1-17-6-11-22(26)19(15-17)16-25-14-4-13-24-12-3-5-21(24)23(25)18-7-9-20(27-2)10-8-18/h3,5-12,15,23,26H,4,13-14,16H2,1-2H3/t23-/m1/s1. The van der Waals surface area contributed by atoms with Crippen LogP contribution in [0.3, 0.4) is 0 Å². The van der Waals surface area contributed by atoms with Gasteiger partial charge in [-0.25, -0.2) is 0 Å². The first-order valence-electron chi connectivity index (χ1n) is 9.47. The number of rotatable bonds is 4. The van der Waals surface area contributed by atoms with Gasteiger partial charge in [-0.1, -0.05) is 29.8 Å². The lowest BCUT2D eigenvalue weighted by molar-refractivity contribution is 0.217. The molecule has 1 N–H and O–H groups in total. The Morgan fingerprint density at radius 1 is 1.07 bits per heavy atom. The third-order valence-corrected chi connectivity index (χ3v) is 5.39. The molecule has 2 heterocycles. The number of aryl methyl sites for hydroxylation is 2. The summed E-state index contributed by atoms with van der Waals surface area (Å²) < 4.78 is 7.69. The van der Waals surface area contributed by atoms with E-state index < -0.39 is 0 Å². The van der Waals surface area contributed by atoms with Gasteiger partial charge in [-0.3, -0.25) is 4.90 Å². The van der Waals surface area contributed by atoms with Crippen molar-refractivity contribution in [2.45, 2.75) is 32.5 Å². The van der Waals surface area contributed by atoms with Crippen LogP contribution in [-0.2, 0) is 13.1 Å². The first kappa shape index (κ1) is 17.7. The van der Waals surface area contributed by atoms with E-state index >= 15 is 0 Å². The van der Waals surface area contributed by atoms with Crippen molar-refractivity contribution in [1.82, 2.24) is 9.47 Å². The molecule has 0 aliphatic carbocycles. The second-order valence-electron chi connectivity index (χ2n) is 7.26. The van der Waals surface area contributed by atoms with Crippen LogP contribution in [0.4, 0.5) is 0 Å². The Labute approximate surface area is 160 Å². The summed E-state index contributed by atoms with van der Waals surface area (Å²) in [6, 6.07) is 18.7. The van der Waals surface area contributed by atoms with Crippen LogP contribution in [0.1, 0.15) is 34.8 Å². The molecule has 4 heteroatoms. The number of phenols is 1.